The molecule has 1 unspecified atom stereocenters. The highest BCUT2D eigenvalue weighted by molar-refractivity contribution is 6.39. The first-order chi connectivity index (χ1) is 16.0. The molecule has 9 heteroatoms. The van der Waals surface area contributed by atoms with Gasteiger partial charge in [0.2, 0.25) is 0 Å². The Morgan fingerprint density at radius 1 is 1.09 bits per heavy atom. The van der Waals surface area contributed by atoms with Crippen molar-refractivity contribution in [3.63, 3.8) is 0 Å². The Bertz CT molecular complexity index is 885. The lowest BCUT2D eigenvalue weighted by molar-refractivity contribution is -0.137. The van der Waals surface area contributed by atoms with Gasteiger partial charge in [-0.2, -0.15) is 10.5 Å². The maximum Gasteiger partial charge on any atom is 0.313 e. The molecule has 1 saturated carbocycles. The molecule has 1 aromatic carbocycles. The lowest BCUT2D eigenvalue weighted by Gasteiger charge is -2.52. The van der Waals surface area contributed by atoms with Crippen molar-refractivity contribution in [3.8, 4) is 12.1 Å². The first-order valence-electron chi connectivity index (χ1n) is 11.5. The van der Waals surface area contributed by atoms with Crippen LogP contribution in [0.1, 0.15) is 44.9 Å². The van der Waals surface area contributed by atoms with Gasteiger partial charge in [-0.25, -0.2) is 0 Å². The van der Waals surface area contributed by atoms with Gasteiger partial charge < -0.3 is 10.6 Å². The van der Waals surface area contributed by atoms with E-state index in [2.05, 4.69) is 27.7 Å². The van der Waals surface area contributed by atoms with Crippen LogP contribution >= 0.6 is 11.6 Å². The number of anilines is 1. The summed E-state index contributed by atoms with van der Waals surface area (Å²) < 4.78 is 0. The van der Waals surface area contributed by atoms with Gasteiger partial charge in [0.05, 0.1) is 25.2 Å². The first-order valence-corrected chi connectivity index (χ1v) is 11.9. The van der Waals surface area contributed by atoms with Gasteiger partial charge in [-0.05, 0) is 49.9 Å². The molecule has 2 aliphatic rings. The Balaban J connectivity index is 1.59. The lowest BCUT2D eigenvalue weighted by atomic mass is 9.73. The van der Waals surface area contributed by atoms with E-state index >= 15 is 0 Å². The van der Waals surface area contributed by atoms with Crippen LogP contribution in [0.15, 0.2) is 24.3 Å². The topological polar surface area (TPSA) is 112 Å². The first kappa shape index (κ1) is 25.0. The third-order valence-corrected chi connectivity index (χ3v) is 7.00. The van der Waals surface area contributed by atoms with Gasteiger partial charge >= 0.3 is 11.8 Å². The lowest BCUT2D eigenvalue weighted by Crippen LogP contribution is -2.60. The number of amides is 2. The van der Waals surface area contributed by atoms with Crippen molar-refractivity contribution in [2.24, 2.45) is 0 Å². The van der Waals surface area contributed by atoms with E-state index in [4.69, 9.17) is 22.1 Å². The second kappa shape index (κ2) is 12.0. The highest BCUT2D eigenvalue weighted by atomic mass is 35.5. The van der Waals surface area contributed by atoms with E-state index in [9.17, 15) is 9.59 Å². The van der Waals surface area contributed by atoms with Crippen LogP contribution in [0, 0.1) is 22.7 Å². The number of halogens is 1. The van der Waals surface area contributed by atoms with E-state index in [1.54, 1.807) is 24.3 Å². The number of hydrogen-bond acceptors (Lipinski definition) is 6. The second-order valence-electron chi connectivity index (χ2n) is 8.92. The van der Waals surface area contributed by atoms with Crippen molar-refractivity contribution < 1.29 is 9.59 Å². The molecule has 176 valence electrons. The van der Waals surface area contributed by atoms with Crippen LogP contribution in [0.3, 0.4) is 0 Å². The van der Waals surface area contributed by atoms with Crippen LogP contribution in [0.25, 0.3) is 0 Å². The molecule has 33 heavy (non-hydrogen) atoms. The third kappa shape index (κ3) is 6.91. The van der Waals surface area contributed by atoms with Gasteiger partial charge in [0.15, 0.2) is 0 Å². The summed E-state index contributed by atoms with van der Waals surface area (Å²) >= 11 is 5.87. The van der Waals surface area contributed by atoms with E-state index in [1.807, 2.05) is 4.90 Å². The zero-order valence-corrected chi connectivity index (χ0v) is 19.6. The fourth-order valence-electron chi connectivity index (χ4n) is 5.09. The monoisotopic (exact) mass is 470 g/mol. The van der Waals surface area contributed by atoms with Crippen molar-refractivity contribution in [3.05, 3.63) is 29.3 Å². The Morgan fingerprint density at radius 2 is 1.76 bits per heavy atom. The predicted molar refractivity (Wildman–Crippen MR) is 126 cm³/mol. The van der Waals surface area contributed by atoms with Crippen LogP contribution in [-0.4, -0.2) is 65.9 Å². The fourth-order valence-corrected chi connectivity index (χ4v) is 5.22. The van der Waals surface area contributed by atoms with Crippen molar-refractivity contribution in [2.45, 2.75) is 56.5 Å². The molecule has 1 atom stereocenters. The molecule has 1 aliphatic carbocycles. The zero-order valence-electron chi connectivity index (χ0n) is 18.9. The molecule has 0 aromatic heterocycles. The van der Waals surface area contributed by atoms with Crippen LogP contribution < -0.4 is 10.6 Å². The standard InChI is InChI=1S/C24H31ClN6O2/c25-19-4-6-20(7-5-19)28-22(32)23(33)29-21-8-13-31(17-16-30(14-11-26)15-12-27)24(18-21)9-2-1-3-10-24/h4-7,21H,1-3,8-10,13-18H2,(H,28,32)(H,29,33). The van der Waals surface area contributed by atoms with Crippen molar-refractivity contribution in [1.82, 2.24) is 15.1 Å². The van der Waals surface area contributed by atoms with E-state index in [1.165, 1.54) is 6.42 Å². The number of benzene rings is 1. The number of carbonyl (C=O) groups is 2. The van der Waals surface area contributed by atoms with Crippen molar-refractivity contribution >= 4 is 29.1 Å². The Hall–Kier alpha value is -2.65. The highest BCUT2D eigenvalue weighted by Gasteiger charge is 2.43. The second-order valence-corrected chi connectivity index (χ2v) is 9.36. The number of carbonyl (C=O) groups excluding carboxylic acids is 2. The number of nitriles is 2. The number of hydrogen-bond donors (Lipinski definition) is 2. The van der Waals surface area contributed by atoms with Crippen LogP contribution in [-0.2, 0) is 9.59 Å². The molecule has 0 bridgehead atoms. The Morgan fingerprint density at radius 3 is 2.39 bits per heavy atom. The average Bonchev–Trinajstić information content (AvgIpc) is 2.80. The minimum Gasteiger partial charge on any atom is -0.345 e. The van der Waals surface area contributed by atoms with Crippen LogP contribution in [0.4, 0.5) is 5.69 Å². The molecular formula is C24H31ClN6O2. The number of likely N-dealkylation sites (tertiary alicyclic amines) is 1. The molecule has 2 N–H and O–H groups in total. The summed E-state index contributed by atoms with van der Waals surface area (Å²) in [5.74, 6) is -1.30. The van der Waals surface area contributed by atoms with E-state index in [-0.39, 0.29) is 24.7 Å². The van der Waals surface area contributed by atoms with Crippen molar-refractivity contribution in [1.29, 1.82) is 10.5 Å². The smallest absolute Gasteiger partial charge is 0.313 e. The molecule has 0 radical (unpaired) electrons. The van der Waals surface area contributed by atoms with E-state index in [0.29, 0.717) is 17.3 Å². The quantitative estimate of drug-likeness (QED) is 0.468. The average molecular weight is 471 g/mol. The molecule has 3 rings (SSSR count). The van der Waals surface area contributed by atoms with Crippen molar-refractivity contribution in [2.75, 3.05) is 38.0 Å². The van der Waals surface area contributed by atoms with Gasteiger partial charge in [0.25, 0.3) is 0 Å². The van der Waals surface area contributed by atoms with Gasteiger partial charge in [-0.15, -0.1) is 0 Å². The summed E-state index contributed by atoms with van der Waals surface area (Å²) in [7, 11) is 0. The highest BCUT2D eigenvalue weighted by Crippen LogP contribution is 2.40. The van der Waals surface area contributed by atoms with Crippen LogP contribution in [0.2, 0.25) is 5.02 Å². The molecule has 2 fully saturated rings. The molecule has 2 amide bonds. The minimum absolute atomic E-state index is 0.00788. The summed E-state index contributed by atoms with van der Waals surface area (Å²) in [5, 5.41) is 24.2. The molecule has 8 nitrogen and oxygen atoms in total. The normalized spacial score (nSPS) is 20.1. The summed E-state index contributed by atoms with van der Waals surface area (Å²) in [4.78, 5) is 29.3. The van der Waals surface area contributed by atoms with Gasteiger partial charge in [0, 0.05) is 41.9 Å². The molecular weight excluding hydrogens is 440 g/mol. The maximum absolute atomic E-state index is 12.6. The zero-order chi connectivity index (χ0) is 23.7. The Labute approximate surface area is 200 Å². The Kier molecular flexibility index (Phi) is 9.08. The van der Waals surface area contributed by atoms with E-state index < -0.39 is 11.8 Å². The van der Waals surface area contributed by atoms with Gasteiger partial charge in [0.1, 0.15) is 0 Å². The summed E-state index contributed by atoms with van der Waals surface area (Å²) in [5.41, 5.74) is 0.518. The summed E-state index contributed by atoms with van der Waals surface area (Å²) in [6.07, 6.45) is 7.20. The van der Waals surface area contributed by atoms with Crippen LogP contribution in [0.5, 0.6) is 0 Å². The molecule has 1 aliphatic heterocycles. The predicted octanol–water partition coefficient (Wildman–Crippen LogP) is 2.91. The number of piperidine rings is 1. The minimum atomic E-state index is -0.680. The molecule has 1 heterocycles. The van der Waals surface area contributed by atoms with Gasteiger partial charge in [-0.1, -0.05) is 30.9 Å². The third-order valence-electron chi connectivity index (χ3n) is 6.75. The largest absolute Gasteiger partial charge is 0.345 e. The van der Waals surface area contributed by atoms with Gasteiger partial charge in [-0.3, -0.25) is 19.4 Å². The number of nitrogens with one attached hydrogen (secondary N) is 2. The summed E-state index contributed by atoms with van der Waals surface area (Å²) in [6, 6.07) is 10.8. The number of rotatable bonds is 7. The van der Waals surface area contributed by atoms with E-state index in [0.717, 1.165) is 51.6 Å². The summed E-state index contributed by atoms with van der Waals surface area (Å²) in [6.45, 7) is 2.77. The number of nitrogens with zero attached hydrogens (tertiary/aromatic N) is 4. The molecule has 1 saturated heterocycles. The molecule has 1 spiro atoms. The SMILES string of the molecule is N#CCN(CC#N)CCN1CCC(NC(=O)C(=O)Nc2ccc(Cl)cc2)CC12CCCCC2. The molecule has 1 aromatic rings. The fraction of sp³-hybridized carbons (Fsp3) is 0.583. The maximum atomic E-state index is 12.6.